The standard InChI is InChI=1S/C25H20/c1-2-8-18(9-3-1)14-21-16-22-15-19-10-4-5-11-20(19)17-25(22)24-13-7-6-12-23(21)24/h1-13,16H,14-15,17H2. The lowest BCUT2D eigenvalue weighted by atomic mass is 9.81. The average Bonchev–Trinajstić information content (AvgIpc) is 2.68. The van der Waals surface area contributed by atoms with E-state index in [9.17, 15) is 0 Å². The zero-order valence-electron chi connectivity index (χ0n) is 14.2. The third kappa shape index (κ3) is 2.55. The van der Waals surface area contributed by atoms with Crippen LogP contribution in [-0.4, -0.2) is 0 Å². The Morgan fingerprint density at radius 1 is 0.560 bits per heavy atom. The number of benzene rings is 4. The fraction of sp³-hybridized carbons (Fsp3) is 0.120. The summed E-state index contributed by atoms with van der Waals surface area (Å²) in [5.41, 5.74) is 8.81. The van der Waals surface area contributed by atoms with Crippen LogP contribution in [0, 0.1) is 0 Å². The van der Waals surface area contributed by atoms with Crippen LogP contribution in [0.3, 0.4) is 0 Å². The maximum absolute atomic E-state index is 2.46. The van der Waals surface area contributed by atoms with E-state index in [0.29, 0.717) is 0 Å². The van der Waals surface area contributed by atoms with Crippen LogP contribution in [0.5, 0.6) is 0 Å². The molecule has 0 radical (unpaired) electrons. The Bertz CT molecular complexity index is 1060. The van der Waals surface area contributed by atoms with Crippen molar-refractivity contribution >= 4 is 10.8 Å². The van der Waals surface area contributed by atoms with Gasteiger partial charge in [0.15, 0.2) is 0 Å². The van der Waals surface area contributed by atoms with Gasteiger partial charge in [-0.05, 0) is 63.4 Å². The van der Waals surface area contributed by atoms with Crippen LogP contribution in [-0.2, 0) is 19.3 Å². The first-order chi connectivity index (χ1) is 12.4. The van der Waals surface area contributed by atoms with Crippen LogP contribution in [0.25, 0.3) is 10.8 Å². The van der Waals surface area contributed by atoms with E-state index in [2.05, 4.69) is 84.9 Å². The molecule has 0 unspecified atom stereocenters. The zero-order valence-corrected chi connectivity index (χ0v) is 14.2. The fourth-order valence-electron chi connectivity index (χ4n) is 4.20. The van der Waals surface area contributed by atoms with Crippen molar-refractivity contribution in [1.82, 2.24) is 0 Å². The van der Waals surface area contributed by atoms with Crippen LogP contribution in [0.1, 0.15) is 33.4 Å². The minimum Gasteiger partial charge on any atom is -0.0622 e. The Kier molecular flexibility index (Phi) is 3.41. The molecule has 1 aliphatic rings. The summed E-state index contributed by atoms with van der Waals surface area (Å²) in [5.74, 6) is 0. The second kappa shape index (κ2) is 5.89. The molecule has 0 aliphatic heterocycles. The molecule has 0 heterocycles. The van der Waals surface area contributed by atoms with E-state index in [1.165, 1.54) is 44.2 Å². The van der Waals surface area contributed by atoms with Gasteiger partial charge in [0.1, 0.15) is 0 Å². The number of rotatable bonds is 2. The van der Waals surface area contributed by atoms with Crippen molar-refractivity contribution < 1.29 is 0 Å². The highest BCUT2D eigenvalue weighted by molar-refractivity contribution is 5.91. The molecule has 0 heteroatoms. The molecule has 1 aliphatic carbocycles. The van der Waals surface area contributed by atoms with Crippen LogP contribution in [0.15, 0.2) is 84.9 Å². The van der Waals surface area contributed by atoms with E-state index in [0.717, 1.165) is 19.3 Å². The normalized spacial score (nSPS) is 12.6. The smallest absolute Gasteiger partial charge is 0.00139 e. The molecule has 4 aromatic carbocycles. The Morgan fingerprint density at radius 3 is 2.00 bits per heavy atom. The SMILES string of the molecule is c1ccc(Cc2cc3c(c4ccccc24)Cc2ccccc2C3)cc1. The van der Waals surface area contributed by atoms with Gasteiger partial charge in [-0.25, -0.2) is 0 Å². The monoisotopic (exact) mass is 320 g/mol. The minimum atomic E-state index is 0.996. The van der Waals surface area contributed by atoms with Crippen molar-refractivity contribution in [3.05, 3.63) is 118 Å². The van der Waals surface area contributed by atoms with Gasteiger partial charge in [-0.2, -0.15) is 0 Å². The van der Waals surface area contributed by atoms with Gasteiger partial charge in [-0.1, -0.05) is 84.9 Å². The number of hydrogen-bond acceptors (Lipinski definition) is 0. The Morgan fingerprint density at radius 2 is 1.20 bits per heavy atom. The van der Waals surface area contributed by atoms with Gasteiger partial charge in [0, 0.05) is 0 Å². The molecule has 0 N–H and O–H groups in total. The quantitative estimate of drug-likeness (QED) is 0.378. The average molecular weight is 320 g/mol. The lowest BCUT2D eigenvalue weighted by Crippen LogP contribution is -2.09. The highest BCUT2D eigenvalue weighted by Crippen LogP contribution is 2.35. The summed E-state index contributed by atoms with van der Waals surface area (Å²) in [6.07, 6.45) is 3.10. The summed E-state index contributed by atoms with van der Waals surface area (Å²) >= 11 is 0. The summed E-state index contributed by atoms with van der Waals surface area (Å²) in [5, 5.41) is 2.84. The maximum atomic E-state index is 2.46. The highest BCUT2D eigenvalue weighted by Gasteiger charge is 2.19. The second-order valence-corrected chi connectivity index (χ2v) is 7.00. The van der Waals surface area contributed by atoms with E-state index in [1.807, 2.05) is 0 Å². The summed E-state index contributed by atoms with van der Waals surface area (Å²) in [6.45, 7) is 0. The number of hydrogen-bond donors (Lipinski definition) is 0. The molecular weight excluding hydrogens is 300 g/mol. The summed E-state index contributed by atoms with van der Waals surface area (Å²) in [4.78, 5) is 0. The van der Waals surface area contributed by atoms with Crippen molar-refractivity contribution in [2.24, 2.45) is 0 Å². The van der Waals surface area contributed by atoms with E-state index in [1.54, 1.807) is 0 Å². The first kappa shape index (κ1) is 14.5. The number of fused-ring (bicyclic) bond motifs is 4. The lowest BCUT2D eigenvalue weighted by Gasteiger charge is -2.23. The Labute approximate surface area is 148 Å². The summed E-state index contributed by atoms with van der Waals surface area (Å²) in [6, 6.07) is 31.1. The second-order valence-electron chi connectivity index (χ2n) is 7.00. The predicted octanol–water partition coefficient (Wildman–Crippen LogP) is 5.93. The van der Waals surface area contributed by atoms with Gasteiger partial charge in [0.25, 0.3) is 0 Å². The molecule has 0 amide bonds. The molecule has 0 saturated carbocycles. The molecule has 5 rings (SSSR count). The maximum Gasteiger partial charge on any atom is -0.00139 e. The van der Waals surface area contributed by atoms with Crippen molar-refractivity contribution in [3.8, 4) is 0 Å². The molecule has 120 valence electrons. The summed E-state index contributed by atoms with van der Waals surface area (Å²) in [7, 11) is 0. The predicted molar refractivity (Wildman–Crippen MR) is 105 cm³/mol. The van der Waals surface area contributed by atoms with E-state index < -0.39 is 0 Å². The topological polar surface area (TPSA) is 0 Å². The van der Waals surface area contributed by atoms with Crippen molar-refractivity contribution in [2.75, 3.05) is 0 Å². The molecule has 0 spiro atoms. The van der Waals surface area contributed by atoms with Gasteiger partial charge in [-0.3, -0.25) is 0 Å². The van der Waals surface area contributed by atoms with Gasteiger partial charge < -0.3 is 0 Å². The van der Waals surface area contributed by atoms with E-state index in [-0.39, 0.29) is 0 Å². The minimum absolute atomic E-state index is 0.996. The first-order valence-corrected chi connectivity index (χ1v) is 9.01. The molecular formula is C25H20. The lowest BCUT2D eigenvalue weighted by molar-refractivity contribution is 1.01. The molecule has 0 bridgehead atoms. The van der Waals surface area contributed by atoms with E-state index >= 15 is 0 Å². The third-order valence-electron chi connectivity index (χ3n) is 5.44. The van der Waals surface area contributed by atoms with Gasteiger partial charge in [0.05, 0.1) is 0 Å². The highest BCUT2D eigenvalue weighted by atomic mass is 14.2. The molecule has 0 saturated heterocycles. The Balaban J connectivity index is 1.68. The summed E-state index contributed by atoms with van der Waals surface area (Å²) < 4.78 is 0. The van der Waals surface area contributed by atoms with Crippen molar-refractivity contribution in [3.63, 3.8) is 0 Å². The Hall–Kier alpha value is -2.86. The molecule has 4 aromatic rings. The van der Waals surface area contributed by atoms with Crippen LogP contribution < -0.4 is 0 Å². The molecule has 0 fully saturated rings. The van der Waals surface area contributed by atoms with Crippen LogP contribution >= 0.6 is 0 Å². The van der Waals surface area contributed by atoms with Crippen LogP contribution in [0.4, 0.5) is 0 Å². The molecule has 0 aromatic heterocycles. The molecule has 25 heavy (non-hydrogen) atoms. The van der Waals surface area contributed by atoms with E-state index in [4.69, 9.17) is 0 Å². The van der Waals surface area contributed by atoms with Gasteiger partial charge in [-0.15, -0.1) is 0 Å². The first-order valence-electron chi connectivity index (χ1n) is 9.01. The molecule has 0 atom stereocenters. The van der Waals surface area contributed by atoms with Crippen molar-refractivity contribution in [2.45, 2.75) is 19.3 Å². The van der Waals surface area contributed by atoms with Gasteiger partial charge >= 0.3 is 0 Å². The van der Waals surface area contributed by atoms with Gasteiger partial charge in [0.2, 0.25) is 0 Å². The molecule has 0 nitrogen and oxygen atoms in total. The largest absolute Gasteiger partial charge is 0.0622 e. The third-order valence-corrected chi connectivity index (χ3v) is 5.44. The zero-order chi connectivity index (χ0) is 16.6. The fourth-order valence-corrected chi connectivity index (χ4v) is 4.20. The van der Waals surface area contributed by atoms with Crippen LogP contribution in [0.2, 0.25) is 0 Å². The van der Waals surface area contributed by atoms with Crippen molar-refractivity contribution in [1.29, 1.82) is 0 Å².